The van der Waals surface area contributed by atoms with Crippen LogP contribution in [0, 0.1) is 6.92 Å². The number of aryl methyl sites for hydroxylation is 2. The third-order valence-corrected chi connectivity index (χ3v) is 1.90. The summed E-state index contributed by atoms with van der Waals surface area (Å²) in [7, 11) is 0. The van der Waals surface area contributed by atoms with Gasteiger partial charge in [-0.2, -0.15) is 5.10 Å². The van der Waals surface area contributed by atoms with E-state index in [1.54, 1.807) is 0 Å². The zero-order valence-corrected chi connectivity index (χ0v) is 7.28. The van der Waals surface area contributed by atoms with E-state index >= 15 is 0 Å². The van der Waals surface area contributed by atoms with Gasteiger partial charge in [-0.25, -0.2) is 0 Å². The molecule has 2 aromatic heterocycles. The maximum atomic E-state index is 4.33. The van der Waals surface area contributed by atoms with Crippen LogP contribution in [-0.4, -0.2) is 14.8 Å². The molecule has 2 heterocycles. The van der Waals surface area contributed by atoms with Crippen molar-refractivity contribution >= 4 is 10.9 Å². The van der Waals surface area contributed by atoms with Crippen molar-refractivity contribution in [3.8, 4) is 0 Å². The van der Waals surface area contributed by atoms with Crippen LogP contribution in [0.5, 0.6) is 0 Å². The molecule has 0 aliphatic heterocycles. The van der Waals surface area contributed by atoms with Gasteiger partial charge in [0.1, 0.15) is 5.52 Å². The van der Waals surface area contributed by atoms with Crippen LogP contribution in [0.1, 0.15) is 12.6 Å². The predicted molar refractivity (Wildman–Crippen MR) is 47.9 cm³/mol. The Morgan fingerprint density at radius 2 is 2.33 bits per heavy atom. The fourth-order valence-electron chi connectivity index (χ4n) is 1.25. The van der Waals surface area contributed by atoms with Crippen molar-refractivity contribution in [2.75, 3.05) is 0 Å². The second-order valence-corrected chi connectivity index (χ2v) is 2.87. The van der Waals surface area contributed by atoms with Gasteiger partial charge in [0.25, 0.3) is 0 Å². The lowest BCUT2D eigenvalue weighted by Crippen LogP contribution is -1.92. The van der Waals surface area contributed by atoms with Gasteiger partial charge in [-0.15, -0.1) is 0 Å². The van der Waals surface area contributed by atoms with Gasteiger partial charge in [-0.3, -0.25) is 9.67 Å². The molecule has 0 spiro atoms. The molecule has 0 saturated carbocycles. The highest BCUT2D eigenvalue weighted by molar-refractivity contribution is 5.77. The van der Waals surface area contributed by atoms with Gasteiger partial charge in [0.15, 0.2) is 0 Å². The van der Waals surface area contributed by atoms with Crippen LogP contribution in [-0.2, 0) is 6.54 Å². The Balaban J connectivity index is 2.67. The Labute approximate surface area is 71.0 Å². The number of fused-ring (bicyclic) bond motifs is 1. The summed E-state index contributed by atoms with van der Waals surface area (Å²) in [5, 5.41) is 5.50. The number of nitrogens with zero attached hydrogens (tertiary/aromatic N) is 3. The summed E-state index contributed by atoms with van der Waals surface area (Å²) < 4.78 is 1.92. The van der Waals surface area contributed by atoms with E-state index in [1.807, 2.05) is 24.0 Å². The molecule has 12 heavy (non-hydrogen) atoms. The number of hydrogen-bond donors (Lipinski definition) is 0. The minimum atomic E-state index is 0.910. The minimum Gasteiger partial charge on any atom is -0.272 e. The quantitative estimate of drug-likeness (QED) is 0.638. The third kappa shape index (κ3) is 1.07. The van der Waals surface area contributed by atoms with E-state index < -0.39 is 0 Å². The molecule has 3 nitrogen and oxygen atoms in total. The Morgan fingerprint density at radius 1 is 1.50 bits per heavy atom. The van der Waals surface area contributed by atoms with E-state index in [0.29, 0.717) is 0 Å². The second kappa shape index (κ2) is 2.59. The van der Waals surface area contributed by atoms with Gasteiger partial charge in [-0.1, -0.05) is 0 Å². The van der Waals surface area contributed by atoms with Crippen LogP contribution in [0.3, 0.4) is 0 Å². The van der Waals surface area contributed by atoms with Crippen molar-refractivity contribution < 1.29 is 0 Å². The van der Waals surface area contributed by atoms with E-state index in [9.17, 15) is 0 Å². The number of aromatic nitrogens is 3. The number of pyridine rings is 1. The van der Waals surface area contributed by atoms with Crippen molar-refractivity contribution in [3.63, 3.8) is 0 Å². The first kappa shape index (κ1) is 7.28. The third-order valence-electron chi connectivity index (χ3n) is 1.90. The van der Waals surface area contributed by atoms with Crippen molar-refractivity contribution in [2.45, 2.75) is 20.4 Å². The molecule has 0 atom stereocenters. The normalized spacial score (nSPS) is 10.8. The average molecular weight is 161 g/mol. The van der Waals surface area contributed by atoms with Gasteiger partial charge in [0, 0.05) is 23.8 Å². The molecule has 0 aromatic carbocycles. The molecule has 0 amide bonds. The molecular formula is C9H11N3. The van der Waals surface area contributed by atoms with Crippen LogP contribution in [0.2, 0.25) is 0 Å². The maximum Gasteiger partial charge on any atom is 0.111 e. The predicted octanol–water partition coefficient (Wildman–Crippen LogP) is 1.76. The first-order valence-electron chi connectivity index (χ1n) is 4.09. The maximum absolute atomic E-state index is 4.33. The summed E-state index contributed by atoms with van der Waals surface area (Å²) in [6, 6.07) is 2.05. The van der Waals surface area contributed by atoms with Crippen molar-refractivity contribution in [3.05, 3.63) is 24.2 Å². The zero-order chi connectivity index (χ0) is 8.55. The molecule has 0 saturated heterocycles. The molecular weight excluding hydrogens is 150 g/mol. The van der Waals surface area contributed by atoms with Gasteiger partial charge >= 0.3 is 0 Å². The first-order valence-corrected chi connectivity index (χ1v) is 4.09. The van der Waals surface area contributed by atoms with Gasteiger partial charge in [-0.05, 0) is 19.9 Å². The standard InChI is InChI=1S/C9H11N3/c1-3-12-6-8-4-7(2)10-5-9(8)11-12/h4-6H,3H2,1-2H3. The van der Waals surface area contributed by atoms with Crippen LogP contribution in [0.25, 0.3) is 10.9 Å². The van der Waals surface area contributed by atoms with E-state index in [0.717, 1.165) is 17.8 Å². The molecule has 2 aromatic rings. The molecule has 0 bridgehead atoms. The lowest BCUT2D eigenvalue weighted by Gasteiger charge is -1.88. The van der Waals surface area contributed by atoms with Gasteiger partial charge in [0.2, 0.25) is 0 Å². The van der Waals surface area contributed by atoms with E-state index in [1.165, 1.54) is 5.39 Å². The van der Waals surface area contributed by atoms with Crippen LogP contribution in [0.15, 0.2) is 18.5 Å². The largest absolute Gasteiger partial charge is 0.272 e. The highest BCUT2D eigenvalue weighted by atomic mass is 15.3. The van der Waals surface area contributed by atoms with E-state index in [4.69, 9.17) is 0 Å². The Hall–Kier alpha value is -1.38. The molecule has 3 heteroatoms. The lowest BCUT2D eigenvalue weighted by molar-refractivity contribution is 0.667. The monoisotopic (exact) mass is 161 g/mol. The van der Waals surface area contributed by atoms with E-state index in [2.05, 4.69) is 23.1 Å². The van der Waals surface area contributed by atoms with Crippen molar-refractivity contribution in [2.24, 2.45) is 0 Å². The Kier molecular flexibility index (Phi) is 1.57. The molecule has 0 fully saturated rings. The fourth-order valence-corrected chi connectivity index (χ4v) is 1.25. The summed E-state index contributed by atoms with van der Waals surface area (Å²) in [4.78, 5) is 4.18. The number of rotatable bonds is 1. The molecule has 0 radical (unpaired) electrons. The topological polar surface area (TPSA) is 30.7 Å². The van der Waals surface area contributed by atoms with E-state index in [-0.39, 0.29) is 0 Å². The highest BCUT2D eigenvalue weighted by Gasteiger charge is 1.98. The van der Waals surface area contributed by atoms with Crippen LogP contribution >= 0.6 is 0 Å². The average Bonchev–Trinajstić information content (AvgIpc) is 2.46. The summed E-state index contributed by atoms with van der Waals surface area (Å²) in [5.41, 5.74) is 2.01. The van der Waals surface area contributed by atoms with Crippen LogP contribution in [0.4, 0.5) is 0 Å². The Bertz CT molecular complexity index is 403. The number of hydrogen-bond acceptors (Lipinski definition) is 2. The minimum absolute atomic E-state index is 0.910. The lowest BCUT2D eigenvalue weighted by atomic mass is 10.3. The first-order chi connectivity index (χ1) is 5.79. The Morgan fingerprint density at radius 3 is 3.08 bits per heavy atom. The summed E-state index contributed by atoms with van der Waals surface area (Å²) in [6.45, 7) is 4.97. The smallest absolute Gasteiger partial charge is 0.111 e. The highest BCUT2D eigenvalue weighted by Crippen LogP contribution is 2.11. The molecule has 0 unspecified atom stereocenters. The summed E-state index contributed by atoms with van der Waals surface area (Å²) in [6.07, 6.45) is 3.86. The van der Waals surface area contributed by atoms with Crippen molar-refractivity contribution in [1.82, 2.24) is 14.8 Å². The van der Waals surface area contributed by atoms with Crippen molar-refractivity contribution in [1.29, 1.82) is 0 Å². The SMILES string of the molecule is CCn1cc2cc(C)ncc2n1. The molecule has 0 N–H and O–H groups in total. The second-order valence-electron chi connectivity index (χ2n) is 2.87. The molecule has 62 valence electrons. The van der Waals surface area contributed by atoms with Gasteiger partial charge < -0.3 is 0 Å². The fraction of sp³-hybridized carbons (Fsp3) is 0.333. The summed E-state index contributed by atoms with van der Waals surface area (Å²) >= 11 is 0. The molecule has 2 rings (SSSR count). The molecule has 0 aliphatic rings. The summed E-state index contributed by atoms with van der Waals surface area (Å²) in [5.74, 6) is 0. The van der Waals surface area contributed by atoms with Gasteiger partial charge in [0.05, 0.1) is 6.20 Å². The van der Waals surface area contributed by atoms with Crippen LogP contribution < -0.4 is 0 Å². The molecule has 0 aliphatic carbocycles. The zero-order valence-electron chi connectivity index (χ0n) is 7.28.